The Morgan fingerprint density at radius 1 is 1.20 bits per heavy atom. The Morgan fingerprint density at radius 2 is 1.85 bits per heavy atom. The lowest BCUT2D eigenvalue weighted by atomic mass is 9.82. The van der Waals surface area contributed by atoms with Crippen LogP contribution in [0.5, 0.6) is 0 Å². The van der Waals surface area contributed by atoms with Gasteiger partial charge in [0.25, 0.3) is 0 Å². The normalized spacial score (nSPS) is 21.5. The smallest absolute Gasteiger partial charge is 0.307 e. The van der Waals surface area contributed by atoms with E-state index in [0.717, 1.165) is 11.4 Å². The number of amides is 1. The first-order valence-electron chi connectivity index (χ1n) is 6.62. The molecule has 1 aliphatic carbocycles. The fraction of sp³-hybridized carbons (Fsp3) is 0.400. The lowest BCUT2D eigenvalue weighted by molar-refractivity contribution is -0.146. The number of hydrogen-bond acceptors (Lipinski definition) is 3. The lowest BCUT2D eigenvalue weighted by Gasteiger charge is -2.24. The number of carbonyl (C=O) groups excluding carboxylic acids is 1. The van der Waals surface area contributed by atoms with E-state index in [1.165, 1.54) is 0 Å². The quantitative estimate of drug-likeness (QED) is 0.829. The van der Waals surface area contributed by atoms with Crippen LogP contribution in [0, 0.1) is 25.7 Å². The first kappa shape index (κ1) is 14.2. The van der Waals surface area contributed by atoms with Gasteiger partial charge in [-0.05, 0) is 38.8 Å². The van der Waals surface area contributed by atoms with E-state index < -0.39 is 17.8 Å². The largest absolute Gasteiger partial charge is 0.481 e. The van der Waals surface area contributed by atoms with Crippen LogP contribution in [0.4, 0.5) is 5.69 Å². The number of hydrogen-bond donors (Lipinski definition) is 2. The van der Waals surface area contributed by atoms with Crippen molar-refractivity contribution in [2.24, 2.45) is 11.8 Å². The van der Waals surface area contributed by atoms with Crippen molar-refractivity contribution in [3.05, 3.63) is 35.7 Å². The number of carbonyl (C=O) groups is 2. The molecule has 2 rings (SSSR count). The van der Waals surface area contributed by atoms with Crippen LogP contribution in [0.3, 0.4) is 0 Å². The number of carboxylic acids is 1. The van der Waals surface area contributed by atoms with Crippen LogP contribution >= 0.6 is 0 Å². The molecular formula is C15H18N2O3. The number of anilines is 1. The number of aryl methyl sites for hydroxylation is 2. The molecule has 1 aliphatic rings. The fourth-order valence-electron chi connectivity index (χ4n) is 2.42. The Bertz CT molecular complexity index is 566. The summed E-state index contributed by atoms with van der Waals surface area (Å²) in [5, 5.41) is 12.0. The van der Waals surface area contributed by atoms with E-state index in [2.05, 4.69) is 10.3 Å². The number of nitrogens with zero attached hydrogens (tertiary/aromatic N) is 1. The summed E-state index contributed by atoms with van der Waals surface area (Å²) in [5.41, 5.74) is 2.25. The molecular weight excluding hydrogens is 256 g/mol. The monoisotopic (exact) mass is 274 g/mol. The lowest BCUT2D eigenvalue weighted by Crippen LogP contribution is -2.34. The standard InChI is InChI=1S/C15H18N2O3/c1-9-7-8-13(10(2)16-9)17-14(18)11-5-3-4-6-12(11)15(19)20/h3-4,7-8,11-12H,5-6H2,1-2H3,(H,17,18)(H,19,20). The second-order valence-corrected chi connectivity index (χ2v) is 5.07. The summed E-state index contributed by atoms with van der Waals surface area (Å²) in [6.07, 6.45) is 4.55. The third-order valence-electron chi connectivity index (χ3n) is 3.57. The van der Waals surface area contributed by atoms with Gasteiger partial charge in [-0.2, -0.15) is 0 Å². The average Bonchev–Trinajstić information content (AvgIpc) is 2.41. The van der Waals surface area contributed by atoms with E-state index in [1.54, 1.807) is 6.07 Å². The zero-order valence-corrected chi connectivity index (χ0v) is 11.6. The number of aromatic nitrogens is 1. The number of rotatable bonds is 3. The molecule has 0 radical (unpaired) electrons. The Kier molecular flexibility index (Phi) is 4.17. The first-order chi connectivity index (χ1) is 9.49. The molecule has 0 saturated heterocycles. The zero-order chi connectivity index (χ0) is 14.7. The summed E-state index contributed by atoms with van der Waals surface area (Å²) in [6, 6.07) is 3.61. The zero-order valence-electron chi connectivity index (χ0n) is 11.6. The summed E-state index contributed by atoms with van der Waals surface area (Å²) in [4.78, 5) is 27.8. The molecule has 5 nitrogen and oxygen atoms in total. The summed E-state index contributed by atoms with van der Waals surface area (Å²) in [6.45, 7) is 3.70. The Hall–Kier alpha value is -2.17. The van der Waals surface area contributed by atoms with Gasteiger partial charge in [0.2, 0.25) is 5.91 Å². The highest BCUT2D eigenvalue weighted by Gasteiger charge is 2.34. The second-order valence-electron chi connectivity index (χ2n) is 5.07. The Balaban J connectivity index is 2.14. The van der Waals surface area contributed by atoms with Crippen molar-refractivity contribution in [1.29, 1.82) is 0 Å². The maximum absolute atomic E-state index is 12.3. The average molecular weight is 274 g/mol. The molecule has 0 spiro atoms. The van der Waals surface area contributed by atoms with Crippen molar-refractivity contribution in [3.63, 3.8) is 0 Å². The van der Waals surface area contributed by atoms with Crippen molar-refractivity contribution >= 4 is 17.6 Å². The molecule has 20 heavy (non-hydrogen) atoms. The van der Waals surface area contributed by atoms with Crippen LogP contribution in [-0.4, -0.2) is 22.0 Å². The molecule has 0 fully saturated rings. The molecule has 2 atom stereocenters. The summed E-state index contributed by atoms with van der Waals surface area (Å²) < 4.78 is 0. The van der Waals surface area contributed by atoms with Gasteiger partial charge in [-0.25, -0.2) is 0 Å². The van der Waals surface area contributed by atoms with Crippen LogP contribution in [0.25, 0.3) is 0 Å². The highest BCUT2D eigenvalue weighted by Crippen LogP contribution is 2.27. The molecule has 106 valence electrons. The van der Waals surface area contributed by atoms with Crippen molar-refractivity contribution < 1.29 is 14.7 Å². The van der Waals surface area contributed by atoms with Gasteiger partial charge in [0.05, 0.1) is 23.2 Å². The molecule has 2 unspecified atom stereocenters. The van der Waals surface area contributed by atoms with Crippen molar-refractivity contribution in [2.45, 2.75) is 26.7 Å². The minimum Gasteiger partial charge on any atom is -0.481 e. The second kappa shape index (κ2) is 5.86. The Labute approximate surface area is 117 Å². The molecule has 0 aromatic carbocycles. The molecule has 1 amide bonds. The van der Waals surface area contributed by atoms with Crippen LogP contribution in [-0.2, 0) is 9.59 Å². The molecule has 5 heteroatoms. The number of allylic oxidation sites excluding steroid dienone is 2. The van der Waals surface area contributed by atoms with E-state index >= 15 is 0 Å². The topological polar surface area (TPSA) is 79.3 Å². The molecule has 0 bridgehead atoms. The number of nitrogens with one attached hydrogen (secondary N) is 1. The van der Waals surface area contributed by atoms with Gasteiger partial charge in [-0.15, -0.1) is 0 Å². The molecule has 0 aliphatic heterocycles. The third-order valence-corrected chi connectivity index (χ3v) is 3.57. The van der Waals surface area contributed by atoms with Gasteiger partial charge in [0.15, 0.2) is 0 Å². The van der Waals surface area contributed by atoms with Crippen LogP contribution < -0.4 is 5.32 Å². The number of carboxylic acid groups (broad SMARTS) is 1. The summed E-state index contributed by atoms with van der Waals surface area (Å²) in [5.74, 6) is -2.36. The predicted octanol–water partition coefficient (Wildman–Crippen LogP) is 2.30. The van der Waals surface area contributed by atoms with Gasteiger partial charge in [0.1, 0.15) is 0 Å². The molecule has 1 aromatic heterocycles. The van der Waals surface area contributed by atoms with E-state index in [1.807, 2.05) is 32.1 Å². The van der Waals surface area contributed by atoms with Crippen molar-refractivity contribution in [2.75, 3.05) is 5.32 Å². The van der Waals surface area contributed by atoms with Gasteiger partial charge < -0.3 is 10.4 Å². The summed E-state index contributed by atoms with van der Waals surface area (Å²) in [7, 11) is 0. The molecule has 2 N–H and O–H groups in total. The number of aliphatic carboxylic acids is 1. The number of pyridine rings is 1. The highest BCUT2D eigenvalue weighted by atomic mass is 16.4. The predicted molar refractivity (Wildman–Crippen MR) is 75.3 cm³/mol. The fourth-order valence-corrected chi connectivity index (χ4v) is 2.42. The highest BCUT2D eigenvalue weighted by molar-refractivity contribution is 5.95. The first-order valence-corrected chi connectivity index (χ1v) is 6.62. The van der Waals surface area contributed by atoms with Gasteiger partial charge >= 0.3 is 5.97 Å². The Morgan fingerprint density at radius 3 is 2.45 bits per heavy atom. The maximum atomic E-state index is 12.3. The van der Waals surface area contributed by atoms with Crippen LogP contribution in [0.2, 0.25) is 0 Å². The van der Waals surface area contributed by atoms with Gasteiger partial charge in [-0.3, -0.25) is 14.6 Å². The minimum absolute atomic E-state index is 0.254. The van der Waals surface area contributed by atoms with E-state index in [9.17, 15) is 14.7 Å². The van der Waals surface area contributed by atoms with E-state index in [4.69, 9.17) is 0 Å². The van der Waals surface area contributed by atoms with E-state index in [-0.39, 0.29) is 5.91 Å². The summed E-state index contributed by atoms with van der Waals surface area (Å²) >= 11 is 0. The SMILES string of the molecule is Cc1ccc(NC(=O)C2CC=CCC2C(=O)O)c(C)n1. The van der Waals surface area contributed by atoms with Gasteiger partial charge in [0, 0.05) is 5.69 Å². The molecule has 0 saturated carbocycles. The van der Waals surface area contributed by atoms with Gasteiger partial charge in [-0.1, -0.05) is 12.2 Å². The van der Waals surface area contributed by atoms with Crippen LogP contribution in [0.15, 0.2) is 24.3 Å². The maximum Gasteiger partial charge on any atom is 0.307 e. The van der Waals surface area contributed by atoms with Crippen LogP contribution in [0.1, 0.15) is 24.2 Å². The molecule has 1 aromatic rings. The van der Waals surface area contributed by atoms with E-state index in [0.29, 0.717) is 18.5 Å². The molecule has 1 heterocycles. The van der Waals surface area contributed by atoms with Crippen molar-refractivity contribution in [3.8, 4) is 0 Å². The third kappa shape index (κ3) is 3.04. The van der Waals surface area contributed by atoms with Crippen molar-refractivity contribution in [1.82, 2.24) is 4.98 Å². The minimum atomic E-state index is -0.923.